The summed E-state index contributed by atoms with van der Waals surface area (Å²) in [6.07, 6.45) is 5.28. The first kappa shape index (κ1) is 14.5. The molecule has 6 nitrogen and oxygen atoms in total. The van der Waals surface area contributed by atoms with Crippen molar-refractivity contribution < 1.29 is 4.79 Å². The van der Waals surface area contributed by atoms with E-state index in [9.17, 15) is 4.79 Å². The highest BCUT2D eigenvalue weighted by Gasteiger charge is 2.09. The minimum absolute atomic E-state index is 0.0132. The lowest BCUT2D eigenvalue weighted by atomic mass is 10.3. The zero-order chi connectivity index (χ0) is 14.5. The van der Waals surface area contributed by atoms with Crippen LogP contribution in [0.1, 0.15) is 12.6 Å². The van der Waals surface area contributed by atoms with Crippen molar-refractivity contribution in [1.82, 2.24) is 19.9 Å². The van der Waals surface area contributed by atoms with Crippen molar-refractivity contribution >= 4 is 27.8 Å². The summed E-state index contributed by atoms with van der Waals surface area (Å²) in [7, 11) is 0. The topological polar surface area (TPSA) is 71.8 Å². The maximum Gasteiger partial charge on any atom is 0.320 e. The van der Waals surface area contributed by atoms with Crippen LogP contribution in [0.4, 0.5) is 10.6 Å². The molecular formula is C13H16BrN5O. The summed E-state index contributed by atoms with van der Waals surface area (Å²) in [6, 6.07) is 3.32. The van der Waals surface area contributed by atoms with Gasteiger partial charge in [0.05, 0.1) is 12.0 Å². The molecule has 0 aliphatic carbocycles. The number of rotatable bonds is 4. The summed E-state index contributed by atoms with van der Waals surface area (Å²) in [5, 5.41) is 5.56. The molecule has 7 heteroatoms. The van der Waals surface area contributed by atoms with E-state index in [4.69, 9.17) is 0 Å². The molecule has 0 aliphatic rings. The predicted molar refractivity (Wildman–Crippen MR) is 80.5 cm³/mol. The Balaban J connectivity index is 1.87. The van der Waals surface area contributed by atoms with E-state index in [2.05, 4.69) is 36.5 Å². The average Bonchev–Trinajstić information content (AvgIpc) is 2.86. The minimum Gasteiger partial charge on any atom is -0.335 e. The lowest BCUT2D eigenvalue weighted by molar-refractivity contribution is 0.248. The molecule has 0 fully saturated rings. The molecule has 0 aliphatic heterocycles. The van der Waals surface area contributed by atoms with E-state index in [-0.39, 0.29) is 12.1 Å². The lowest BCUT2D eigenvalue weighted by Crippen LogP contribution is -2.38. The fourth-order valence-electron chi connectivity index (χ4n) is 1.75. The van der Waals surface area contributed by atoms with Crippen LogP contribution in [0.3, 0.4) is 0 Å². The number of urea groups is 1. The highest BCUT2D eigenvalue weighted by Crippen LogP contribution is 2.15. The number of anilines is 1. The largest absolute Gasteiger partial charge is 0.335 e. The molecule has 0 saturated heterocycles. The van der Waals surface area contributed by atoms with Gasteiger partial charge in [-0.25, -0.2) is 14.8 Å². The van der Waals surface area contributed by atoms with Crippen molar-refractivity contribution in [2.75, 3.05) is 5.32 Å². The summed E-state index contributed by atoms with van der Waals surface area (Å²) in [5.41, 5.74) is 0.828. The zero-order valence-electron chi connectivity index (χ0n) is 11.3. The van der Waals surface area contributed by atoms with Crippen LogP contribution in [-0.2, 0) is 6.54 Å². The van der Waals surface area contributed by atoms with Crippen molar-refractivity contribution in [2.45, 2.75) is 26.4 Å². The van der Waals surface area contributed by atoms with Gasteiger partial charge in [0.25, 0.3) is 0 Å². The Morgan fingerprint density at radius 2 is 2.30 bits per heavy atom. The van der Waals surface area contributed by atoms with Crippen LogP contribution in [-0.4, -0.2) is 26.6 Å². The Hall–Kier alpha value is -1.89. The van der Waals surface area contributed by atoms with Gasteiger partial charge in [-0.1, -0.05) is 0 Å². The molecule has 0 bridgehead atoms. The molecule has 2 aromatic rings. The van der Waals surface area contributed by atoms with Crippen LogP contribution >= 0.6 is 15.9 Å². The van der Waals surface area contributed by atoms with Crippen molar-refractivity contribution in [2.24, 2.45) is 0 Å². The van der Waals surface area contributed by atoms with E-state index in [1.807, 2.05) is 30.7 Å². The molecule has 1 atom stereocenters. The Kier molecular flexibility index (Phi) is 4.73. The minimum atomic E-state index is -0.271. The normalized spacial score (nSPS) is 11.9. The number of pyridine rings is 1. The summed E-state index contributed by atoms with van der Waals surface area (Å²) in [4.78, 5) is 20.1. The SMILES string of the molecule is Cc1nc(NC(=O)N[C@H](C)Cn2ccnc2)ccc1Br. The fourth-order valence-corrected chi connectivity index (χ4v) is 1.97. The van der Waals surface area contributed by atoms with E-state index >= 15 is 0 Å². The van der Waals surface area contributed by atoms with Gasteiger partial charge in [-0.05, 0) is 41.9 Å². The molecule has 20 heavy (non-hydrogen) atoms. The second kappa shape index (κ2) is 6.51. The maximum absolute atomic E-state index is 11.8. The third kappa shape index (κ3) is 4.06. The molecule has 2 aromatic heterocycles. The van der Waals surface area contributed by atoms with Crippen molar-refractivity contribution in [1.29, 1.82) is 0 Å². The monoisotopic (exact) mass is 337 g/mol. The van der Waals surface area contributed by atoms with E-state index in [0.717, 1.165) is 10.2 Å². The van der Waals surface area contributed by atoms with Crippen LogP contribution in [0.25, 0.3) is 0 Å². The Morgan fingerprint density at radius 3 is 2.95 bits per heavy atom. The predicted octanol–water partition coefficient (Wildman–Crippen LogP) is 2.56. The molecule has 0 spiro atoms. The number of hydrogen-bond donors (Lipinski definition) is 2. The van der Waals surface area contributed by atoms with E-state index in [1.165, 1.54) is 0 Å². The van der Waals surface area contributed by atoms with E-state index in [1.54, 1.807) is 18.6 Å². The van der Waals surface area contributed by atoms with Crippen LogP contribution < -0.4 is 10.6 Å². The number of amides is 2. The van der Waals surface area contributed by atoms with Gasteiger partial charge in [-0.15, -0.1) is 0 Å². The highest BCUT2D eigenvalue weighted by atomic mass is 79.9. The van der Waals surface area contributed by atoms with Gasteiger partial charge in [-0.2, -0.15) is 0 Å². The first-order valence-electron chi connectivity index (χ1n) is 6.21. The van der Waals surface area contributed by atoms with Gasteiger partial charge in [0.2, 0.25) is 0 Å². The van der Waals surface area contributed by atoms with Gasteiger partial charge in [0.1, 0.15) is 5.82 Å². The molecule has 106 valence electrons. The number of carbonyl (C=O) groups is 1. The quantitative estimate of drug-likeness (QED) is 0.900. The number of nitrogens with one attached hydrogen (secondary N) is 2. The number of halogens is 1. The number of aromatic nitrogens is 3. The third-order valence-electron chi connectivity index (χ3n) is 2.68. The van der Waals surface area contributed by atoms with Crippen molar-refractivity contribution in [3.63, 3.8) is 0 Å². The molecule has 2 N–H and O–H groups in total. The second-order valence-corrected chi connectivity index (χ2v) is 5.38. The van der Waals surface area contributed by atoms with Gasteiger partial charge in [0, 0.05) is 29.5 Å². The van der Waals surface area contributed by atoms with E-state index < -0.39 is 0 Å². The first-order chi connectivity index (χ1) is 9.54. The van der Waals surface area contributed by atoms with Crippen LogP contribution in [0.15, 0.2) is 35.3 Å². The summed E-state index contributed by atoms with van der Waals surface area (Å²) in [6.45, 7) is 4.47. The summed E-state index contributed by atoms with van der Waals surface area (Å²) >= 11 is 3.37. The number of carbonyl (C=O) groups excluding carboxylic acids is 1. The Labute approximate surface area is 125 Å². The van der Waals surface area contributed by atoms with Crippen LogP contribution in [0.2, 0.25) is 0 Å². The Morgan fingerprint density at radius 1 is 1.50 bits per heavy atom. The number of imidazole rings is 1. The zero-order valence-corrected chi connectivity index (χ0v) is 12.9. The first-order valence-corrected chi connectivity index (χ1v) is 7.00. The average molecular weight is 338 g/mol. The highest BCUT2D eigenvalue weighted by molar-refractivity contribution is 9.10. The smallest absolute Gasteiger partial charge is 0.320 e. The van der Waals surface area contributed by atoms with Crippen molar-refractivity contribution in [3.05, 3.63) is 41.0 Å². The van der Waals surface area contributed by atoms with Crippen LogP contribution in [0, 0.1) is 6.92 Å². The third-order valence-corrected chi connectivity index (χ3v) is 3.52. The standard InChI is InChI=1S/C13H16BrN5O/c1-9(7-19-6-5-15-8-19)16-13(20)18-12-4-3-11(14)10(2)17-12/h3-6,8-9H,7H2,1-2H3,(H2,16,17,18,20)/t9-/m1/s1. The summed E-state index contributed by atoms with van der Waals surface area (Å²) < 4.78 is 2.82. The molecule has 0 radical (unpaired) electrons. The molecule has 2 rings (SSSR count). The van der Waals surface area contributed by atoms with Crippen molar-refractivity contribution in [3.8, 4) is 0 Å². The van der Waals surface area contributed by atoms with Crippen LogP contribution in [0.5, 0.6) is 0 Å². The molecule has 2 amide bonds. The second-order valence-electron chi connectivity index (χ2n) is 4.52. The summed E-state index contributed by atoms with van der Waals surface area (Å²) in [5.74, 6) is 0.526. The molecular weight excluding hydrogens is 322 g/mol. The molecule has 0 aromatic carbocycles. The Bertz CT molecular complexity index is 584. The number of hydrogen-bond acceptors (Lipinski definition) is 3. The van der Waals surface area contributed by atoms with Gasteiger partial charge >= 0.3 is 6.03 Å². The fraction of sp³-hybridized carbons (Fsp3) is 0.308. The molecule has 0 unspecified atom stereocenters. The van der Waals surface area contributed by atoms with Gasteiger partial charge < -0.3 is 9.88 Å². The van der Waals surface area contributed by atoms with Gasteiger partial charge in [-0.3, -0.25) is 5.32 Å². The molecule has 0 saturated carbocycles. The number of aryl methyl sites for hydroxylation is 1. The molecule has 2 heterocycles. The lowest BCUT2D eigenvalue weighted by Gasteiger charge is -2.15. The maximum atomic E-state index is 11.8. The van der Waals surface area contributed by atoms with E-state index in [0.29, 0.717) is 12.4 Å². The van der Waals surface area contributed by atoms with Gasteiger partial charge in [0.15, 0.2) is 0 Å². The number of nitrogens with zero attached hydrogens (tertiary/aromatic N) is 3.